The van der Waals surface area contributed by atoms with Crippen molar-refractivity contribution in [1.29, 1.82) is 0 Å². The van der Waals surface area contributed by atoms with E-state index in [1.54, 1.807) is 6.92 Å². The van der Waals surface area contributed by atoms with Crippen LogP contribution in [-0.2, 0) is 14.8 Å². The molecule has 0 saturated heterocycles. The van der Waals surface area contributed by atoms with Crippen LogP contribution < -0.4 is 10.0 Å². The summed E-state index contributed by atoms with van der Waals surface area (Å²) in [7, 11) is -3.23. The highest BCUT2D eigenvalue weighted by atomic mass is 32.2. The smallest absolute Gasteiger partial charge is 0.215 e. The molecule has 0 radical (unpaired) electrons. The summed E-state index contributed by atoms with van der Waals surface area (Å²) >= 11 is 0. The van der Waals surface area contributed by atoms with E-state index >= 15 is 0 Å². The number of hydrogen-bond donors (Lipinski definition) is 2. The molecule has 0 bridgehead atoms. The standard InChI is InChI=1S/C12H28N2O3S/c1-5-13-10-12(4)18(15,16)14-7-9-17-8-6-11(2)3/h11-14H,5-10H2,1-4H3. The molecule has 0 amide bonds. The van der Waals surface area contributed by atoms with Crippen LogP contribution in [0.5, 0.6) is 0 Å². The Morgan fingerprint density at radius 2 is 1.83 bits per heavy atom. The molecule has 0 heterocycles. The quantitative estimate of drug-likeness (QED) is 0.553. The molecule has 18 heavy (non-hydrogen) atoms. The Balaban J connectivity index is 3.70. The van der Waals surface area contributed by atoms with Crippen LogP contribution in [-0.4, -0.2) is 46.5 Å². The van der Waals surface area contributed by atoms with Gasteiger partial charge in [0.1, 0.15) is 0 Å². The number of rotatable bonds is 11. The van der Waals surface area contributed by atoms with Gasteiger partial charge in [-0.25, -0.2) is 13.1 Å². The molecule has 6 heteroatoms. The summed E-state index contributed by atoms with van der Waals surface area (Å²) in [6.07, 6.45) is 1.00. The Hall–Kier alpha value is -0.170. The van der Waals surface area contributed by atoms with E-state index in [1.165, 1.54) is 0 Å². The molecule has 0 fully saturated rings. The van der Waals surface area contributed by atoms with Gasteiger partial charge in [-0.2, -0.15) is 0 Å². The first-order valence-corrected chi connectivity index (χ1v) is 8.21. The number of ether oxygens (including phenoxy) is 1. The average Bonchev–Trinajstić information content (AvgIpc) is 2.30. The molecule has 0 aromatic carbocycles. The van der Waals surface area contributed by atoms with Crippen molar-refractivity contribution < 1.29 is 13.2 Å². The van der Waals surface area contributed by atoms with Crippen LogP contribution in [0.25, 0.3) is 0 Å². The monoisotopic (exact) mass is 280 g/mol. The van der Waals surface area contributed by atoms with Crippen LogP contribution in [0.4, 0.5) is 0 Å². The molecule has 0 rings (SSSR count). The second kappa shape index (κ2) is 9.72. The summed E-state index contributed by atoms with van der Waals surface area (Å²) in [5.74, 6) is 0.613. The van der Waals surface area contributed by atoms with E-state index in [-0.39, 0.29) is 0 Å². The SMILES string of the molecule is CCNCC(C)S(=O)(=O)NCCOCCC(C)C. The Bertz CT molecular complexity index is 292. The zero-order chi connectivity index (χ0) is 14.0. The Morgan fingerprint density at radius 1 is 1.17 bits per heavy atom. The van der Waals surface area contributed by atoms with Gasteiger partial charge in [0.05, 0.1) is 11.9 Å². The Labute approximate surface area is 112 Å². The zero-order valence-electron chi connectivity index (χ0n) is 12.0. The molecule has 0 aromatic rings. The first kappa shape index (κ1) is 17.8. The van der Waals surface area contributed by atoms with Gasteiger partial charge in [0.25, 0.3) is 0 Å². The summed E-state index contributed by atoms with van der Waals surface area (Å²) < 4.78 is 31.5. The van der Waals surface area contributed by atoms with E-state index in [0.717, 1.165) is 13.0 Å². The van der Waals surface area contributed by atoms with Gasteiger partial charge >= 0.3 is 0 Å². The molecule has 110 valence electrons. The first-order chi connectivity index (χ1) is 8.40. The third-order valence-electron chi connectivity index (χ3n) is 2.60. The highest BCUT2D eigenvalue weighted by molar-refractivity contribution is 7.90. The fourth-order valence-electron chi connectivity index (χ4n) is 1.28. The Kier molecular flexibility index (Phi) is 9.63. The van der Waals surface area contributed by atoms with Crippen LogP contribution in [0, 0.1) is 5.92 Å². The molecule has 5 nitrogen and oxygen atoms in total. The normalized spacial score (nSPS) is 14.1. The molecule has 0 aromatic heterocycles. The van der Waals surface area contributed by atoms with Gasteiger partial charge in [0.2, 0.25) is 10.0 Å². The fraction of sp³-hybridized carbons (Fsp3) is 1.00. The predicted octanol–water partition coefficient (Wildman–Crippen LogP) is 0.967. The maximum absolute atomic E-state index is 11.8. The van der Waals surface area contributed by atoms with Gasteiger partial charge < -0.3 is 10.1 Å². The van der Waals surface area contributed by atoms with Crippen molar-refractivity contribution >= 4 is 10.0 Å². The van der Waals surface area contributed by atoms with E-state index in [9.17, 15) is 8.42 Å². The lowest BCUT2D eigenvalue weighted by Crippen LogP contribution is -2.40. The summed E-state index contributed by atoms with van der Waals surface area (Å²) in [4.78, 5) is 0. The molecule has 1 unspecified atom stereocenters. The third-order valence-corrected chi connectivity index (χ3v) is 4.43. The van der Waals surface area contributed by atoms with Crippen LogP contribution in [0.15, 0.2) is 0 Å². The van der Waals surface area contributed by atoms with Gasteiger partial charge in [0, 0.05) is 19.7 Å². The molecule has 0 saturated carbocycles. The van der Waals surface area contributed by atoms with E-state index in [0.29, 0.717) is 32.2 Å². The van der Waals surface area contributed by atoms with Crippen molar-refractivity contribution in [3.8, 4) is 0 Å². The minimum atomic E-state index is -3.23. The zero-order valence-corrected chi connectivity index (χ0v) is 12.8. The van der Waals surface area contributed by atoms with Gasteiger partial charge in [-0.15, -0.1) is 0 Å². The molecule has 1 atom stereocenters. The second-order valence-electron chi connectivity index (χ2n) is 4.85. The lowest BCUT2D eigenvalue weighted by Gasteiger charge is -2.14. The van der Waals surface area contributed by atoms with Gasteiger partial charge in [-0.05, 0) is 25.8 Å². The lowest BCUT2D eigenvalue weighted by atomic mass is 10.1. The van der Waals surface area contributed by atoms with E-state index in [4.69, 9.17) is 4.74 Å². The largest absolute Gasteiger partial charge is 0.380 e. The summed E-state index contributed by atoms with van der Waals surface area (Å²) in [6, 6.07) is 0. The number of hydrogen-bond acceptors (Lipinski definition) is 4. The topological polar surface area (TPSA) is 67.4 Å². The van der Waals surface area contributed by atoms with Crippen LogP contribution >= 0.6 is 0 Å². The fourth-order valence-corrected chi connectivity index (χ4v) is 2.27. The maximum Gasteiger partial charge on any atom is 0.215 e. The maximum atomic E-state index is 11.8. The van der Waals surface area contributed by atoms with Crippen molar-refractivity contribution in [2.45, 2.75) is 39.4 Å². The third kappa shape index (κ3) is 8.85. The first-order valence-electron chi connectivity index (χ1n) is 6.67. The van der Waals surface area contributed by atoms with Crippen LogP contribution in [0.1, 0.15) is 34.1 Å². The van der Waals surface area contributed by atoms with Crippen molar-refractivity contribution in [3.63, 3.8) is 0 Å². The lowest BCUT2D eigenvalue weighted by molar-refractivity contribution is 0.128. The second-order valence-corrected chi connectivity index (χ2v) is 7.04. The minimum Gasteiger partial charge on any atom is -0.380 e. The van der Waals surface area contributed by atoms with Crippen molar-refractivity contribution in [2.75, 3.05) is 32.8 Å². The van der Waals surface area contributed by atoms with Gasteiger partial charge in [0.15, 0.2) is 0 Å². The molecule has 0 aliphatic carbocycles. The van der Waals surface area contributed by atoms with E-state index in [2.05, 4.69) is 23.9 Å². The molecule has 0 aliphatic heterocycles. The van der Waals surface area contributed by atoms with Gasteiger partial charge in [-0.3, -0.25) is 0 Å². The van der Waals surface area contributed by atoms with Crippen molar-refractivity contribution in [1.82, 2.24) is 10.0 Å². The summed E-state index contributed by atoms with van der Waals surface area (Å²) in [5, 5.41) is 2.60. The van der Waals surface area contributed by atoms with Crippen molar-refractivity contribution in [2.24, 2.45) is 5.92 Å². The van der Waals surface area contributed by atoms with E-state index < -0.39 is 15.3 Å². The average molecular weight is 280 g/mol. The van der Waals surface area contributed by atoms with E-state index in [1.807, 2.05) is 6.92 Å². The highest BCUT2D eigenvalue weighted by Gasteiger charge is 2.18. The predicted molar refractivity (Wildman–Crippen MR) is 75.2 cm³/mol. The number of nitrogens with one attached hydrogen (secondary N) is 2. The summed E-state index contributed by atoms with van der Waals surface area (Å²) in [5.41, 5.74) is 0. The summed E-state index contributed by atoms with van der Waals surface area (Å²) in [6.45, 7) is 10.6. The molecule has 2 N–H and O–H groups in total. The Morgan fingerprint density at radius 3 is 2.39 bits per heavy atom. The minimum absolute atomic E-state index is 0.344. The van der Waals surface area contributed by atoms with Crippen LogP contribution in [0.2, 0.25) is 0 Å². The highest BCUT2D eigenvalue weighted by Crippen LogP contribution is 1.99. The molecule has 0 spiro atoms. The molecule has 0 aliphatic rings. The number of sulfonamides is 1. The molecular formula is C12H28N2O3S. The van der Waals surface area contributed by atoms with Gasteiger partial charge in [-0.1, -0.05) is 20.8 Å². The van der Waals surface area contributed by atoms with Crippen LogP contribution in [0.3, 0.4) is 0 Å². The van der Waals surface area contributed by atoms with Crippen molar-refractivity contribution in [3.05, 3.63) is 0 Å². The molecular weight excluding hydrogens is 252 g/mol.